The molecule has 0 spiro atoms. The van der Waals surface area contributed by atoms with Gasteiger partial charge in [-0.1, -0.05) is 6.92 Å². The molecule has 98 valence electrons. The van der Waals surface area contributed by atoms with E-state index in [1.165, 1.54) is 12.8 Å². The number of hydrogen-bond donors (Lipinski definition) is 2. The number of nitrogens with two attached hydrogens (primary N) is 1. The van der Waals surface area contributed by atoms with Crippen molar-refractivity contribution in [2.24, 2.45) is 17.6 Å². The summed E-state index contributed by atoms with van der Waals surface area (Å²) < 4.78 is 0. The van der Waals surface area contributed by atoms with Gasteiger partial charge in [-0.05, 0) is 44.7 Å². The molecule has 2 aliphatic rings. The number of rotatable bonds is 6. The van der Waals surface area contributed by atoms with Gasteiger partial charge in [-0.2, -0.15) is 0 Å². The summed E-state index contributed by atoms with van der Waals surface area (Å²) in [7, 11) is 0. The highest BCUT2D eigenvalue weighted by molar-refractivity contribution is 5.76. The molecule has 0 bridgehead atoms. The van der Waals surface area contributed by atoms with Gasteiger partial charge < -0.3 is 16.0 Å². The molecule has 2 rings (SSSR count). The van der Waals surface area contributed by atoms with Gasteiger partial charge in [0.2, 0.25) is 5.91 Å². The molecule has 4 heteroatoms. The Bertz CT molecular complexity index is 265. The highest BCUT2D eigenvalue weighted by Crippen LogP contribution is 2.20. The topological polar surface area (TPSA) is 58.4 Å². The quantitative estimate of drug-likeness (QED) is 0.712. The molecule has 4 nitrogen and oxygen atoms in total. The van der Waals surface area contributed by atoms with E-state index >= 15 is 0 Å². The maximum atomic E-state index is 11.2. The molecule has 0 aromatic rings. The largest absolute Gasteiger partial charge is 0.369 e. The third-order valence-corrected chi connectivity index (χ3v) is 3.81. The van der Waals surface area contributed by atoms with Gasteiger partial charge in [0.15, 0.2) is 0 Å². The fourth-order valence-corrected chi connectivity index (χ4v) is 2.61. The smallest absolute Gasteiger partial charge is 0.221 e. The first-order valence-corrected chi connectivity index (χ1v) is 6.90. The Morgan fingerprint density at radius 1 is 1.47 bits per heavy atom. The number of piperidine rings is 1. The predicted molar refractivity (Wildman–Crippen MR) is 68.5 cm³/mol. The van der Waals surface area contributed by atoms with Crippen molar-refractivity contribution in [2.45, 2.75) is 38.6 Å². The molecule has 0 aromatic heterocycles. The number of nitrogens with one attached hydrogen (secondary N) is 1. The normalized spacial score (nSPS) is 27.9. The Hall–Kier alpha value is -0.610. The van der Waals surface area contributed by atoms with Crippen LogP contribution in [-0.2, 0) is 4.79 Å². The van der Waals surface area contributed by atoms with Crippen molar-refractivity contribution in [1.29, 1.82) is 0 Å². The predicted octanol–water partition coefficient (Wildman–Crippen LogP) is 0.572. The maximum absolute atomic E-state index is 11.2. The van der Waals surface area contributed by atoms with Crippen LogP contribution in [0.15, 0.2) is 0 Å². The molecule has 1 saturated carbocycles. The summed E-state index contributed by atoms with van der Waals surface area (Å²) in [4.78, 5) is 13.6. The first-order chi connectivity index (χ1) is 8.15. The summed E-state index contributed by atoms with van der Waals surface area (Å²) in [5.74, 6) is 0.605. The average Bonchev–Trinajstić information content (AvgIpc) is 3.10. The van der Waals surface area contributed by atoms with Crippen LogP contribution >= 0.6 is 0 Å². The summed E-state index contributed by atoms with van der Waals surface area (Å²) in [6.07, 6.45) is 4.78. The minimum Gasteiger partial charge on any atom is -0.369 e. The van der Waals surface area contributed by atoms with Crippen LogP contribution in [0.1, 0.15) is 32.6 Å². The van der Waals surface area contributed by atoms with Crippen LogP contribution in [0.25, 0.3) is 0 Å². The Labute approximate surface area is 104 Å². The standard InChI is InChI=1S/C13H25N3O/c1-10(7-15-12-4-5-12)8-16-6-2-3-11(9-16)13(14)17/h10-12,15H,2-9H2,1H3,(H2,14,17). The van der Waals surface area contributed by atoms with Crippen molar-refractivity contribution < 1.29 is 4.79 Å². The maximum Gasteiger partial charge on any atom is 0.221 e. The molecule has 3 N–H and O–H groups in total. The number of nitrogens with zero attached hydrogens (tertiary/aromatic N) is 1. The van der Waals surface area contributed by atoms with Gasteiger partial charge in [-0.15, -0.1) is 0 Å². The van der Waals surface area contributed by atoms with E-state index in [1.807, 2.05) is 0 Å². The minimum atomic E-state index is -0.126. The fourth-order valence-electron chi connectivity index (χ4n) is 2.61. The van der Waals surface area contributed by atoms with Gasteiger partial charge in [-0.25, -0.2) is 0 Å². The van der Waals surface area contributed by atoms with Gasteiger partial charge in [-0.3, -0.25) is 4.79 Å². The van der Waals surface area contributed by atoms with Crippen LogP contribution in [0.5, 0.6) is 0 Å². The number of hydrogen-bond acceptors (Lipinski definition) is 3. The molecule has 0 radical (unpaired) electrons. The summed E-state index contributed by atoms with van der Waals surface area (Å²) in [5, 5.41) is 3.56. The van der Waals surface area contributed by atoms with E-state index in [0.717, 1.165) is 45.1 Å². The summed E-state index contributed by atoms with van der Waals surface area (Å²) in [6, 6.07) is 0.789. The molecular formula is C13H25N3O. The van der Waals surface area contributed by atoms with Crippen molar-refractivity contribution in [2.75, 3.05) is 26.2 Å². The van der Waals surface area contributed by atoms with E-state index in [2.05, 4.69) is 17.1 Å². The van der Waals surface area contributed by atoms with Crippen LogP contribution in [0.2, 0.25) is 0 Å². The first-order valence-electron chi connectivity index (χ1n) is 6.90. The van der Waals surface area contributed by atoms with Crippen molar-refractivity contribution in [3.05, 3.63) is 0 Å². The lowest BCUT2D eigenvalue weighted by Crippen LogP contribution is -2.44. The molecule has 1 heterocycles. The number of carbonyl (C=O) groups excluding carboxylic acids is 1. The molecular weight excluding hydrogens is 214 g/mol. The highest BCUT2D eigenvalue weighted by Gasteiger charge is 2.25. The van der Waals surface area contributed by atoms with E-state index in [-0.39, 0.29) is 11.8 Å². The average molecular weight is 239 g/mol. The second kappa shape index (κ2) is 5.83. The van der Waals surface area contributed by atoms with E-state index in [9.17, 15) is 4.79 Å². The molecule has 2 fully saturated rings. The molecule has 1 saturated heterocycles. The monoisotopic (exact) mass is 239 g/mol. The van der Waals surface area contributed by atoms with Crippen LogP contribution in [-0.4, -0.2) is 43.0 Å². The zero-order valence-electron chi connectivity index (χ0n) is 10.8. The Balaban J connectivity index is 1.67. The lowest BCUT2D eigenvalue weighted by molar-refractivity contribution is -0.123. The molecule has 1 aliphatic carbocycles. The van der Waals surface area contributed by atoms with Gasteiger partial charge in [0.05, 0.1) is 5.92 Å². The highest BCUT2D eigenvalue weighted by atomic mass is 16.1. The Morgan fingerprint density at radius 3 is 2.88 bits per heavy atom. The van der Waals surface area contributed by atoms with Crippen LogP contribution in [0, 0.1) is 11.8 Å². The van der Waals surface area contributed by atoms with Gasteiger partial charge >= 0.3 is 0 Å². The van der Waals surface area contributed by atoms with Gasteiger partial charge in [0, 0.05) is 19.1 Å². The molecule has 17 heavy (non-hydrogen) atoms. The van der Waals surface area contributed by atoms with Gasteiger partial charge in [0.1, 0.15) is 0 Å². The second-order valence-corrected chi connectivity index (χ2v) is 5.79. The molecule has 2 atom stereocenters. The number of likely N-dealkylation sites (tertiary alicyclic amines) is 1. The van der Waals surface area contributed by atoms with E-state index in [4.69, 9.17) is 5.73 Å². The third-order valence-electron chi connectivity index (χ3n) is 3.81. The van der Waals surface area contributed by atoms with E-state index in [0.29, 0.717) is 5.92 Å². The number of amides is 1. The van der Waals surface area contributed by atoms with Crippen LogP contribution < -0.4 is 11.1 Å². The lowest BCUT2D eigenvalue weighted by atomic mass is 9.96. The van der Waals surface area contributed by atoms with E-state index in [1.54, 1.807) is 0 Å². The summed E-state index contributed by atoms with van der Waals surface area (Å²) >= 11 is 0. The molecule has 1 amide bonds. The number of carbonyl (C=O) groups is 1. The Morgan fingerprint density at radius 2 is 2.24 bits per heavy atom. The van der Waals surface area contributed by atoms with Crippen LogP contribution in [0.4, 0.5) is 0 Å². The molecule has 2 unspecified atom stereocenters. The lowest BCUT2D eigenvalue weighted by Gasteiger charge is -2.33. The van der Waals surface area contributed by atoms with Crippen molar-refractivity contribution in [3.8, 4) is 0 Å². The van der Waals surface area contributed by atoms with E-state index < -0.39 is 0 Å². The van der Waals surface area contributed by atoms with Crippen molar-refractivity contribution in [3.63, 3.8) is 0 Å². The summed E-state index contributed by atoms with van der Waals surface area (Å²) in [5.41, 5.74) is 5.39. The minimum absolute atomic E-state index is 0.0762. The van der Waals surface area contributed by atoms with Gasteiger partial charge in [0.25, 0.3) is 0 Å². The molecule has 1 aliphatic heterocycles. The van der Waals surface area contributed by atoms with Crippen molar-refractivity contribution in [1.82, 2.24) is 10.2 Å². The molecule has 0 aromatic carbocycles. The fraction of sp³-hybridized carbons (Fsp3) is 0.923. The van der Waals surface area contributed by atoms with Crippen molar-refractivity contribution >= 4 is 5.91 Å². The third kappa shape index (κ3) is 4.28. The SMILES string of the molecule is CC(CNC1CC1)CN1CCCC(C(N)=O)C1. The zero-order chi connectivity index (χ0) is 12.3. The van der Waals surface area contributed by atoms with Crippen LogP contribution in [0.3, 0.4) is 0 Å². The summed E-state index contributed by atoms with van der Waals surface area (Å²) in [6.45, 7) is 6.45. The second-order valence-electron chi connectivity index (χ2n) is 5.79. The number of primary amides is 1. The zero-order valence-corrected chi connectivity index (χ0v) is 10.8. The Kier molecular flexibility index (Phi) is 4.40. The first kappa shape index (κ1) is 12.8.